The van der Waals surface area contributed by atoms with Crippen molar-refractivity contribution < 1.29 is 14.3 Å². The third-order valence-corrected chi connectivity index (χ3v) is 2.53. The molecular formula is C10H18N2O3. The molecule has 1 atom stereocenters. The number of amides is 1. The fraction of sp³-hybridized carbons (Fsp3) is 0.800. The summed E-state index contributed by atoms with van der Waals surface area (Å²) >= 11 is 0. The zero-order chi connectivity index (χ0) is 11.6. The van der Waals surface area contributed by atoms with Crippen molar-refractivity contribution in [2.24, 2.45) is 0 Å². The fourth-order valence-corrected chi connectivity index (χ4v) is 1.88. The number of esters is 1. The van der Waals surface area contributed by atoms with Crippen molar-refractivity contribution >= 4 is 11.9 Å². The number of rotatable bonds is 2. The Morgan fingerprint density at radius 3 is 2.73 bits per heavy atom. The second-order valence-electron chi connectivity index (χ2n) is 4.58. The van der Waals surface area contributed by atoms with Crippen LogP contribution in [0.5, 0.6) is 0 Å². The Balaban J connectivity index is 2.67. The van der Waals surface area contributed by atoms with Gasteiger partial charge in [0.1, 0.15) is 0 Å². The highest BCUT2D eigenvalue weighted by Gasteiger charge is 2.37. The molecule has 0 aromatic rings. The van der Waals surface area contributed by atoms with Crippen molar-refractivity contribution in [2.75, 3.05) is 20.7 Å². The van der Waals surface area contributed by atoms with Gasteiger partial charge in [-0.2, -0.15) is 0 Å². The van der Waals surface area contributed by atoms with E-state index in [2.05, 4.69) is 10.1 Å². The van der Waals surface area contributed by atoms with Crippen molar-refractivity contribution in [3.05, 3.63) is 0 Å². The molecule has 1 fully saturated rings. The Morgan fingerprint density at radius 1 is 1.67 bits per heavy atom. The Kier molecular flexibility index (Phi) is 3.34. The Bertz CT molecular complexity index is 276. The standard InChI is InChI=1S/C10H18N2O3/c1-10(2)6-12(3)7(9(14)11-10)5-8(13)15-4/h7H,5-6H2,1-4H3,(H,11,14). The number of hydrogen-bond donors (Lipinski definition) is 1. The molecule has 5 nitrogen and oxygen atoms in total. The number of carbonyl (C=O) groups excluding carboxylic acids is 2. The zero-order valence-electron chi connectivity index (χ0n) is 9.66. The smallest absolute Gasteiger partial charge is 0.307 e. The van der Waals surface area contributed by atoms with Gasteiger partial charge in [-0.15, -0.1) is 0 Å². The maximum atomic E-state index is 11.7. The topological polar surface area (TPSA) is 58.6 Å². The molecule has 1 rings (SSSR count). The molecule has 0 saturated carbocycles. The van der Waals surface area contributed by atoms with E-state index in [1.807, 2.05) is 25.8 Å². The van der Waals surface area contributed by atoms with Gasteiger partial charge in [-0.25, -0.2) is 0 Å². The van der Waals surface area contributed by atoms with Crippen LogP contribution in [0.2, 0.25) is 0 Å². The number of carbonyl (C=O) groups is 2. The van der Waals surface area contributed by atoms with E-state index < -0.39 is 6.04 Å². The van der Waals surface area contributed by atoms with Gasteiger partial charge in [0, 0.05) is 12.1 Å². The average molecular weight is 214 g/mol. The minimum absolute atomic E-state index is 0.106. The van der Waals surface area contributed by atoms with E-state index >= 15 is 0 Å². The molecule has 0 spiro atoms. The van der Waals surface area contributed by atoms with Gasteiger partial charge in [0.15, 0.2) is 0 Å². The van der Waals surface area contributed by atoms with Gasteiger partial charge in [0.2, 0.25) is 5.91 Å². The first-order valence-corrected chi connectivity index (χ1v) is 4.95. The summed E-state index contributed by atoms with van der Waals surface area (Å²) < 4.78 is 4.56. The van der Waals surface area contributed by atoms with E-state index in [9.17, 15) is 9.59 Å². The molecule has 15 heavy (non-hydrogen) atoms. The quantitative estimate of drug-likeness (QED) is 0.644. The predicted octanol–water partition coefficient (Wildman–Crippen LogP) is -0.242. The fourth-order valence-electron chi connectivity index (χ4n) is 1.88. The molecule has 0 bridgehead atoms. The lowest BCUT2D eigenvalue weighted by atomic mass is 9.97. The van der Waals surface area contributed by atoms with E-state index in [1.165, 1.54) is 7.11 Å². The van der Waals surface area contributed by atoms with Crippen LogP contribution in [-0.2, 0) is 14.3 Å². The maximum Gasteiger partial charge on any atom is 0.307 e. The summed E-state index contributed by atoms with van der Waals surface area (Å²) in [5, 5.41) is 2.88. The molecular weight excluding hydrogens is 196 g/mol. The van der Waals surface area contributed by atoms with Crippen molar-refractivity contribution in [2.45, 2.75) is 31.8 Å². The number of piperazine rings is 1. The van der Waals surface area contributed by atoms with Gasteiger partial charge in [0.05, 0.1) is 19.6 Å². The lowest BCUT2D eigenvalue weighted by Gasteiger charge is -2.41. The average Bonchev–Trinajstić information content (AvgIpc) is 2.09. The summed E-state index contributed by atoms with van der Waals surface area (Å²) in [4.78, 5) is 24.7. The van der Waals surface area contributed by atoms with Gasteiger partial charge in [-0.3, -0.25) is 14.5 Å². The summed E-state index contributed by atoms with van der Waals surface area (Å²) in [6.07, 6.45) is 0.106. The lowest BCUT2D eigenvalue weighted by Crippen LogP contribution is -2.63. The van der Waals surface area contributed by atoms with Crippen LogP contribution in [-0.4, -0.2) is 49.1 Å². The maximum absolute atomic E-state index is 11.7. The molecule has 0 aromatic heterocycles. The second-order valence-corrected chi connectivity index (χ2v) is 4.58. The molecule has 1 amide bonds. The van der Waals surface area contributed by atoms with Crippen LogP contribution in [0.1, 0.15) is 20.3 Å². The van der Waals surface area contributed by atoms with Crippen LogP contribution < -0.4 is 5.32 Å². The van der Waals surface area contributed by atoms with Crippen LogP contribution in [0.4, 0.5) is 0 Å². The lowest BCUT2D eigenvalue weighted by molar-refractivity contribution is -0.146. The summed E-state index contributed by atoms with van der Waals surface area (Å²) in [6.45, 7) is 4.63. The number of likely N-dealkylation sites (N-methyl/N-ethyl adjacent to an activating group) is 1. The van der Waals surface area contributed by atoms with E-state index in [1.54, 1.807) is 0 Å². The van der Waals surface area contributed by atoms with Gasteiger partial charge in [-0.1, -0.05) is 0 Å². The second kappa shape index (κ2) is 4.18. The minimum Gasteiger partial charge on any atom is -0.469 e. The summed E-state index contributed by atoms with van der Waals surface area (Å²) in [5.41, 5.74) is -0.238. The highest BCUT2D eigenvalue weighted by molar-refractivity contribution is 5.87. The van der Waals surface area contributed by atoms with Crippen molar-refractivity contribution in [3.63, 3.8) is 0 Å². The Morgan fingerprint density at radius 2 is 2.27 bits per heavy atom. The third-order valence-electron chi connectivity index (χ3n) is 2.53. The van der Waals surface area contributed by atoms with E-state index in [0.29, 0.717) is 0 Å². The highest BCUT2D eigenvalue weighted by Crippen LogP contribution is 2.16. The normalized spacial score (nSPS) is 25.9. The molecule has 0 aromatic carbocycles. The highest BCUT2D eigenvalue weighted by atomic mass is 16.5. The molecule has 86 valence electrons. The molecule has 1 aliphatic rings. The number of nitrogens with zero attached hydrogens (tertiary/aromatic N) is 1. The zero-order valence-corrected chi connectivity index (χ0v) is 9.66. The van der Waals surface area contributed by atoms with Gasteiger partial charge in [-0.05, 0) is 20.9 Å². The van der Waals surface area contributed by atoms with Crippen molar-refractivity contribution in [3.8, 4) is 0 Å². The van der Waals surface area contributed by atoms with Crippen molar-refractivity contribution in [1.29, 1.82) is 0 Å². The monoisotopic (exact) mass is 214 g/mol. The molecule has 0 radical (unpaired) electrons. The Labute approximate surface area is 89.8 Å². The van der Waals surface area contributed by atoms with Crippen LogP contribution in [0.15, 0.2) is 0 Å². The molecule has 1 saturated heterocycles. The largest absolute Gasteiger partial charge is 0.469 e. The molecule has 0 aliphatic carbocycles. The van der Waals surface area contributed by atoms with Crippen LogP contribution in [0.3, 0.4) is 0 Å². The summed E-state index contributed by atoms with van der Waals surface area (Å²) in [5.74, 6) is -0.471. The van der Waals surface area contributed by atoms with Crippen LogP contribution in [0.25, 0.3) is 0 Å². The SMILES string of the molecule is COC(=O)CC1C(=O)NC(C)(C)CN1C. The minimum atomic E-state index is -0.412. The number of hydrogen-bond acceptors (Lipinski definition) is 4. The Hall–Kier alpha value is -1.10. The molecule has 1 N–H and O–H groups in total. The van der Waals surface area contributed by atoms with Gasteiger partial charge >= 0.3 is 5.97 Å². The van der Waals surface area contributed by atoms with E-state index in [4.69, 9.17) is 0 Å². The van der Waals surface area contributed by atoms with E-state index in [0.717, 1.165) is 6.54 Å². The summed E-state index contributed by atoms with van der Waals surface area (Å²) in [6, 6.07) is -0.412. The van der Waals surface area contributed by atoms with Gasteiger partial charge < -0.3 is 10.1 Å². The van der Waals surface area contributed by atoms with Crippen molar-refractivity contribution in [1.82, 2.24) is 10.2 Å². The molecule has 1 unspecified atom stereocenters. The predicted molar refractivity (Wildman–Crippen MR) is 55.3 cm³/mol. The first-order chi connectivity index (χ1) is 6.85. The molecule has 1 heterocycles. The summed E-state index contributed by atoms with van der Waals surface area (Å²) in [7, 11) is 3.17. The van der Waals surface area contributed by atoms with Gasteiger partial charge in [0.25, 0.3) is 0 Å². The first kappa shape index (κ1) is 12.0. The third kappa shape index (κ3) is 2.92. The number of nitrogens with one attached hydrogen (secondary N) is 1. The van der Waals surface area contributed by atoms with Crippen LogP contribution >= 0.6 is 0 Å². The molecule has 5 heteroatoms. The van der Waals surface area contributed by atoms with E-state index in [-0.39, 0.29) is 23.8 Å². The number of methoxy groups -OCH3 is 1. The van der Waals surface area contributed by atoms with Crippen LogP contribution in [0, 0.1) is 0 Å². The number of ether oxygens (including phenoxy) is 1. The molecule has 1 aliphatic heterocycles. The first-order valence-electron chi connectivity index (χ1n) is 4.95.